The second-order valence-corrected chi connectivity index (χ2v) is 4.01. The van der Waals surface area contributed by atoms with Gasteiger partial charge in [0, 0.05) is 6.54 Å². The number of carbonyl (C=O) groups is 1. The van der Waals surface area contributed by atoms with Crippen LogP contribution in [0.3, 0.4) is 0 Å². The van der Waals surface area contributed by atoms with Crippen molar-refractivity contribution in [2.75, 3.05) is 0 Å². The van der Waals surface area contributed by atoms with Crippen molar-refractivity contribution in [1.82, 2.24) is 15.0 Å². The quantitative estimate of drug-likeness (QED) is 0.860. The molecule has 0 radical (unpaired) electrons. The van der Waals surface area contributed by atoms with Gasteiger partial charge in [-0.2, -0.15) is 0 Å². The van der Waals surface area contributed by atoms with E-state index in [0.29, 0.717) is 18.0 Å². The first-order valence-corrected chi connectivity index (χ1v) is 6.06. The summed E-state index contributed by atoms with van der Waals surface area (Å²) in [7, 11) is 0. The highest BCUT2D eigenvalue weighted by atomic mass is 16.5. The zero-order valence-corrected chi connectivity index (χ0v) is 10.6. The highest BCUT2D eigenvalue weighted by molar-refractivity contribution is 5.86. The summed E-state index contributed by atoms with van der Waals surface area (Å²) in [5.41, 5.74) is 0.433. The van der Waals surface area contributed by atoms with Crippen LogP contribution in [0.5, 0.6) is 5.75 Å². The van der Waals surface area contributed by atoms with Crippen LogP contribution in [-0.4, -0.2) is 26.1 Å². The topological polar surface area (TPSA) is 77.2 Å². The number of nitrogens with zero attached hydrogens (tertiary/aromatic N) is 3. The van der Waals surface area contributed by atoms with Crippen molar-refractivity contribution < 1.29 is 14.6 Å². The Hall–Kier alpha value is -2.37. The van der Waals surface area contributed by atoms with Gasteiger partial charge >= 0.3 is 5.97 Å². The molecule has 0 saturated carbocycles. The van der Waals surface area contributed by atoms with Crippen molar-refractivity contribution in [2.24, 2.45) is 0 Å². The van der Waals surface area contributed by atoms with Crippen LogP contribution in [-0.2, 0) is 13.2 Å². The highest BCUT2D eigenvalue weighted by Crippen LogP contribution is 2.13. The van der Waals surface area contributed by atoms with Gasteiger partial charge in [-0.15, -0.1) is 5.10 Å². The number of rotatable bonds is 6. The van der Waals surface area contributed by atoms with Crippen LogP contribution in [0.25, 0.3) is 0 Å². The van der Waals surface area contributed by atoms with E-state index in [9.17, 15) is 4.79 Å². The number of carboxylic acids is 1. The molecule has 0 amide bonds. The molecule has 6 heteroatoms. The summed E-state index contributed by atoms with van der Waals surface area (Å²) in [6.45, 7) is 2.75. The maximum atomic E-state index is 11.1. The van der Waals surface area contributed by atoms with Crippen molar-refractivity contribution in [3.63, 3.8) is 0 Å². The molecule has 0 unspecified atom stereocenters. The van der Waals surface area contributed by atoms with Crippen LogP contribution in [0, 0.1) is 0 Å². The lowest BCUT2D eigenvalue weighted by Gasteiger charge is -2.08. The summed E-state index contributed by atoms with van der Waals surface area (Å²) < 4.78 is 7.14. The summed E-state index contributed by atoms with van der Waals surface area (Å²) in [5, 5.41) is 16.6. The van der Waals surface area contributed by atoms with Gasteiger partial charge in [0.1, 0.15) is 18.1 Å². The van der Waals surface area contributed by atoms with Crippen molar-refractivity contribution in [3.8, 4) is 5.75 Å². The predicted octanol–water partition coefficient (Wildman–Crippen LogP) is 1.97. The molecule has 19 heavy (non-hydrogen) atoms. The molecule has 0 aliphatic heterocycles. The van der Waals surface area contributed by atoms with Gasteiger partial charge in [-0.1, -0.05) is 30.3 Å². The third kappa shape index (κ3) is 3.09. The van der Waals surface area contributed by atoms with E-state index in [4.69, 9.17) is 9.84 Å². The Bertz CT molecular complexity index is 552. The molecule has 100 valence electrons. The minimum atomic E-state index is -1.09. The standard InChI is InChI=1S/C13H15N3O3/c1-2-8-16-11(12(13(17)18)14-15-16)9-19-10-6-4-3-5-7-10/h3-7H,2,8-9H2,1H3,(H,17,18). The Kier molecular flexibility index (Phi) is 4.12. The van der Waals surface area contributed by atoms with E-state index < -0.39 is 5.97 Å². The van der Waals surface area contributed by atoms with Gasteiger partial charge in [-0.05, 0) is 18.6 Å². The molecule has 0 aliphatic rings. The Morgan fingerprint density at radius 3 is 2.74 bits per heavy atom. The molecule has 1 aromatic heterocycles. The van der Waals surface area contributed by atoms with Gasteiger partial charge < -0.3 is 9.84 Å². The maximum absolute atomic E-state index is 11.1. The van der Waals surface area contributed by atoms with Crippen molar-refractivity contribution in [2.45, 2.75) is 26.5 Å². The van der Waals surface area contributed by atoms with Crippen LogP contribution >= 0.6 is 0 Å². The molecular formula is C13H15N3O3. The molecule has 0 saturated heterocycles. The summed E-state index contributed by atoms with van der Waals surface area (Å²) in [6, 6.07) is 9.23. The molecule has 0 fully saturated rings. The summed E-state index contributed by atoms with van der Waals surface area (Å²) in [5.74, 6) is -0.405. The number of hydrogen-bond acceptors (Lipinski definition) is 4. The van der Waals surface area contributed by atoms with Gasteiger partial charge in [0.2, 0.25) is 0 Å². The van der Waals surface area contributed by atoms with E-state index in [1.807, 2.05) is 37.3 Å². The lowest BCUT2D eigenvalue weighted by molar-refractivity contribution is 0.0687. The second-order valence-electron chi connectivity index (χ2n) is 4.01. The third-order valence-electron chi connectivity index (χ3n) is 2.59. The number of carboxylic acid groups (broad SMARTS) is 1. The number of aryl methyl sites for hydroxylation is 1. The molecule has 0 atom stereocenters. The average Bonchev–Trinajstić information content (AvgIpc) is 2.81. The van der Waals surface area contributed by atoms with Gasteiger partial charge in [0.25, 0.3) is 0 Å². The van der Waals surface area contributed by atoms with E-state index in [2.05, 4.69) is 10.3 Å². The van der Waals surface area contributed by atoms with Crippen molar-refractivity contribution in [3.05, 3.63) is 41.7 Å². The first kappa shape index (κ1) is 13.1. The van der Waals surface area contributed by atoms with Crippen LogP contribution < -0.4 is 4.74 Å². The molecule has 2 aromatic rings. The highest BCUT2D eigenvalue weighted by Gasteiger charge is 2.19. The van der Waals surface area contributed by atoms with Gasteiger partial charge in [0.15, 0.2) is 5.69 Å². The lowest BCUT2D eigenvalue weighted by Crippen LogP contribution is -2.11. The van der Waals surface area contributed by atoms with Gasteiger partial charge in [0.05, 0.1) is 0 Å². The minimum absolute atomic E-state index is 0.0515. The number of hydrogen-bond donors (Lipinski definition) is 1. The Balaban J connectivity index is 2.17. The normalized spacial score (nSPS) is 10.4. The zero-order valence-electron chi connectivity index (χ0n) is 10.6. The number of ether oxygens (including phenoxy) is 1. The van der Waals surface area contributed by atoms with Gasteiger partial charge in [-0.3, -0.25) is 0 Å². The summed E-state index contributed by atoms with van der Waals surface area (Å²) >= 11 is 0. The smallest absolute Gasteiger partial charge is 0.358 e. The maximum Gasteiger partial charge on any atom is 0.358 e. The molecule has 0 aliphatic carbocycles. The molecule has 1 heterocycles. The number of para-hydroxylation sites is 1. The molecular weight excluding hydrogens is 246 g/mol. The molecule has 1 N–H and O–H groups in total. The molecule has 0 spiro atoms. The monoisotopic (exact) mass is 261 g/mol. The molecule has 2 rings (SSSR count). The number of benzene rings is 1. The third-order valence-corrected chi connectivity index (χ3v) is 2.59. The van der Waals surface area contributed by atoms with Crippen LogP contribution in [0.2, 0.25) is 0 Å². The minimum Gasteiger partial charge on any atom is -0.487 e. The fraction of sp³-hybridized carbons (Fsp3) is 0.308. The number of aromatic nitrogens is 3. The Labute approximate surface area is 110 Å². The summed E-state index contributed by atoms with van der Waals surface area (Å²) in [6.07, 6.45) is 0.848. The largest absolute Gasteiger partial charge is 0.487 e. The van der Waals surface area contributed by atoms with E-state index in [1.54, 1.807) is 4.68 Å². The van der Waals surface area contributed by atoms with Crippen LogP contribution in [0.4, 0.5) is 0 Å². The number of aromatic carboxylic acids is 1. The lowest BCUT2D eigenvalue weighted by atomic mass is 10.3. The first-order chi connectivity index (χ1) is 9.22. The fourth-order valence-corrected chi connectivity index (χ4v) is 1.70. The Morgan fingerprint density at radius 1 is 1.37 bits per heavy atom. The van der Waals surface area contributed by atoms with E-state index in [0.717, 1.165) is 6.42 Å². The predicted molar refractivity (Wildman–Crippen MR) is 68.0 cm³/mol. The Morgan fingerprint density at radius 2 is 2.11 bits per heavy atom. The van der Waals surface area contributed by atoms with Crippen LogP contribution in [0.15, 0.2) is 30.3 Å². The van der Waals surface area contributed by atoms with Crippen molar-refractivity contribution in [1.29, 1.82) is 0 Å². The van der Waals surface area contributed by atoms with E-state index in [-0.39, 0.29) is 12.3 Å². The summed E-state index contributed by atoms with van der Waals surface area (Å²) in [4.78, 5) is 11.1. The average molecular weight is 261 g/mol. The zero-order chi connectivity index (χ0) is 13.7. The molecule has 1 aromatic carbocycles. The van der Waals surface area contributed by atoms with Gasteiger partial charge in [-0.25, -0.2) is 9.48 Å². The van der Waals surface area contributed by atoms with Crippen LogP contribution in [0.1, 0.15) is 29.5 Å². The molecule has 0 bridgehead atoms. The van der Waals surface area contributed by atoms with E-state index >= 15 is 0 Å². The second kappa shape index (κ2) is 5.99. The SMILES string of the molecule is CCCn1nnc(C(=O)O)c1COc1ccccc1. The first-order valence-electron chi connectivity index (χ1n) is 6.06. The molecule has 6 nitrogen and oxygen atoms in total. The van der Waals surface area contributed by atoms with E-state index in [1.165, 1.54) is 0 Å². The van der Waals surface area contributed by atoms with Crippen molar-refractivity contribution >= 4 is 5.97 Å². The fourth-order valence-electron chi connectivity index (χ4n) is 1.70.